The third kappa shape index (κ3) is 1.91. The number of sulfone groups is 1. The molecule has 2 saturated heterocycles. The number of nitrogens with zero attached hydrogens (tertiary/aromatic N) is 1. The molecule has 0 unspecified atom stereocenters. The number of urea groups is 1. The van der Waals surface area contributed by atoms with Crippen molar-refractivity contribution in [3.8, 4) is 0 Å². The number of hydrogen-bond donors (Lipinski definition) is 1. The number of nitrogens with one attached hydrogen (secondary N) is 1. The molecular formula is C11H11BrN2O3S. The predicted molar refractivity (Wildman–Crippen MR) is 71.4 cm³/mol. The molecule has 2 heterocycles. The van der Waals surface area contributed by atoms with Gasteiger partial charge in [0, 0.05) is 10.2 Å². The average molecular weight is 331 g/mol. The molecule has 1 aromatic rings. The lowest BCUT2D eigenvalue weighted by molar-refractivity contribution is 0.251. The Hall–Kier alpha value is -1.08. The van der Waals surface area contributed by atoms with Gasteiger partial charge in [-0.05, 0) is 18.2 Å². The van der Waals surface area contributed by atoms with Gasteiger partial charge in [-0.1, -0.05) is 22.0 Å². The highest BCUT2D eigenvalue weighted by atomic mass is 79.9. The zero-order valence-corrected chi connectivity index (χ0v) is 11.7. The molecule has 7 heteroatoms. The van der Waals surface area contributed by atoms with Gasteiger partial charge in [-0.15, -0.1) is 0 Å². The Bertz CT molecular complexity index is 616. The first-order valence-electron chi connectivity index (χ1n) is 5.52. The number of halogens is 1. The Labute approximate surface area is 113 Å². The van der Waals surface area contributed by atoms with Gasteiger partial charge in [-0.25, -0.2) is 13.2 Å². The van der Waals surface area contributed by atoms with Gasteiger partial charge >= 0.3 is 6.03 Å². The monoisotopic (exact) mass is 330 g/mol. The molecule has 2 fully saturated rings. The van der Waals surface area contributed by atoms with Crippen molar-refractivity contribution in [2.45, 2.75) is 12.1 Å². The Morgan fingerprint density at radius 1 is 1.33 bits per heavy atom. The van der Waals surface area contributed by atoms with Crippen molar-refractivity contribution >= 4 is 37.5 Å². The van der Waals surface area contributed by atoms with Gasteiger partial charge in [-0.3, -0.25) is 4.90 Å². The van der Waals surface area contributed by atoms with Crippen molar-refractivity contribution < 1.29 is 13.2 Å². The lowest BCUT2D eigenvalue weighted by Crippen LogP contribution is -2.36. The van der Waals surface area contributed by atoms with E-state index in [1.807, 2.05) is 18.2 Å². The molecule has 3 rings (SSSR count). The number of fused-ring (bicyclic) bond motifs is 1. The second kappa shape index (κ2) is 3.96. The van der Waals surface area contributed by atoms with Crippen molar-refractivity contribution in [3.05, 3.63) is 28.7 Å². The first kappa shape index (κ1) is 12.0. The SMILES string of the molecule is O=C1N[C@H]2CS(=O)(=O)C[C@@H]2N1c1cccc(Br)c1. The molecular weight excluding hydrogens is 320 g/mol. The van der Waals surface area contributed by atoms with Gasteiger partial charge < -0.3 is 5.32 Å². The van der Waals surface area contributed by atoms with E-state index < -0.39 is 9.84 Å². The second-order valence-corrected chi connectivity index (χ2v) is 7.62. The van der Waals surface area contributed by atoms with Crippen molar-refractivity contribution in [1.82, 2.24) is 5.32 Å². The quantitative estimate of drug-likeness (QED) is 0.785. The number of carbonyl (C=O) groups is 1. The Kier molecular flexibility index (Phi) is 2.63. The fraction of sp³-hybridized carbons (Fsp3) is 0.364. The van der Waals surface area contributed by atoms with Crippen LogP contribution in [0, 0.1) is 0 Å². The number of rotatable bonds is 1. The molecule has 0 bridgehead atoms. The summed E-state index contributed by atoms with van der Waals surface area (Å²) < 4.78 is 24.1. The van der Waals surface area contributed by atoms with Gasteiger partial charge in [0.05, 0.1) is 23.6 Å². The maximum absolute atomic E-state index is 11.9. The fourth-order valence-corrected chi connectivity index (χ4v) is 4.81. The van der Waals surface area contributed by atoms with E-state index in [0.717, 1.165) is 4.47 Å². The smallest absolute Gasteiger partial charge is 0.322 e. The van der Waals surface area contributed by atoms with E-state index in [1.165, 1.54) is 0 Å². The van der Waals surface area contributed by atoms with Crippen LogP contribution in [-0.2, 0) is 9.84 Å². The summed E-state index contributed by atoms with van der Waals surface area (Å²) in [5.74, 6) is 0.0663. The predicted octanol–water partition coefficient (Wildman–Crippen LogP) is 1.14. The maximum Gasteiger partial charge on any atom is 0.322 e. The van der Waals surface area contributed by atoms with Crippen LogP contribution in [0.3, 0.4) is 0 Å². The third-order valence-corrected chi connectivity index (χ3v) is 5.48. The highest BCUT2D eigenvalue weighted by Gasteiger charge is 2.49. The van der Waals surface area contributed by atoms with Crippen molar-refractivity contribution in [2.75, 3.05) is 16.4 Å². The molecule has 1 N–H and O–H groups in total. The van der Waals surface area contributed by atoms with Gasteiger partial charge in [-0.2, -0.15) is 0 Å². The first-order chi connectivity index (χ1) is 8.46. The molecule has 0 aliphatic carbocycles. The number of anilines is 1. The zero-order valence-electron chi connectivity index (χ0n) is 9.34. The third-order valence-electron chi connectivity index (χ3n) is 3.27. The van der Waals surface area contributed by atoms with E-state index in [9.17, 15) is 13.2 Å². The minimum absolute atomic E-state index is 0.0307. The average Bonchev–Trinajstić information content (AvgIpc) is 2.68. The van der Waals surface area contributed by atoms with Crippen LogP contribution in [0.15, 0.2) is 28.7 Å². The second-order valence-electron chi connectivity index (χ2n) is 4.55. The van der Waals surface area contributed by atoms with E-state index in [0.29, 0.717) is 5.69 Å². The minimum atomic E-state index is -3.05. The summed E-state index contributed by atoms with van der Waals surface area (Å²) in [7, 11) is -3.05. The summed E-state index contributed by atoms with van der Waals surface area (Å²) in [6.45, 7) is 0. The number of benzene rings is 1. The number of amides is 2. The van der Waals surface area contributed by atoms with E-state index in [2.05, 4.69) is 21.2 Å². The first-order valence-corrected chi connectivity index (χ1v) is 8.13. The molecule has 18 heavy (non-hydrogen) atoms. The Balaban J connectivity index is 1.99. The van der Waals surface area contributed by atoms with Gasteiger partial charge in [0.2, 0.25) is 0 Å². The van der Waals surface area contributed by atoms with Crippen LogP contribution in [0.25, 0.3) is 0 Å². The van der Waals surface area contributed by atoms with E-state index in [1.54, 1.807) is 11.0 Å². The van der Waals surface area contributed by atoms with Crippen LogP contribution >= 0.6 is 15.9 Å². The summed E-state index contributed by atoms with van der Waals surface area (Å²) >= 11 is 3.35. The largest absolute Gasteiger partial charge is 0.332 e. The van der Waals surface area contributed by atoms with Crippen molar-refractivity contribution in [1.29, 1.82) is 0 Å². The van der Waals surface area contributed by atoms with E-state index >= 15 is 0 Å². The minimum Gasteiger partial charge on any atom is -0.332 e. The van der Waals surface area contributed by atoms with Gasteiger partial charge in [0.1, 0.15) is 0 Å². The topological polar surface area (TPSA) is 66.5 Å². The summed E-state index contributed by atoms with van der Waals surface area (Å²) in [6, 6.07) is 6.49. The molecule has 5 nitrogen and oxygen atoms in total. The highest BCUT2D eigenvalue weighted by Crippen LogP contribution is 2.30. The molecule has 2 amide bonds. The van der Waals surface area contributed by atoms with Crippen LogP contribution in [0.1, 0.15) is 0 Å². The maximum atomic E-state index is 11.9. The Morgan fingerprint density at radius 2 is 2.11 bits per heavy atom. The molecule has 0 saturated carbocycles. The molecule has 0 radical (unpaired) electrons. The number of hydrogen-bond acceptors (Lipinski definition) is 3. The van der Waals surface area contributed by atoms with Crippen LogP contribution in [0.2, 0.25) is 0 Å². The molecule has 2 aliphatic heterocycles. The Morgan fingerprint density at radius 3 is 2.83 bits per heavy atom. The summed E-state index contributed by atoms with van der Waals surface area (Å²) in [4.78, 5) is 13.5. The van der Waals surface area contributed by atoms with E-state index in [4.69, 9.17) is 0 Å². The standard InChI is InChI=1S/C11H11BrN2O3S/c12-7-2-1-3-8(4-7)14-10-6-18(16,17)5-9(10)13-11(14)15/h1-4,9-10H,5-6H2,(H,13,15)/t9-,10-/m0/s1. The van der Waals surface area contributed by atoms with Crippen LogP contribution in [0.5, 0.6) is 0 Å². The molecule has 2 aliphatic rings. The number of carbonyl (C=O) groups excluding carboxylic acids is 1. The van der Waals surface area contributed by atoms with Crippen LogP contribution in [-0.4, -0.2) is 38.0 Å². The van der Waals surface area contributed by atoms with Crippen molar-refractivity contribution in [3.63, 3.8) is 0 Å². The highest BCUT2D eigenvalue weighted by molar-refractivity contribution is 9.10. The summed E-state index contributed by atoms with van der Waals surface area (Å²) in [5.41, 5.74) is 0.714. The van der Waals surface area contributed by atoms with E-state index in [-0.39, 0.29) is 29.6 Å². The molecule has 96 valence electrons. The molecule has 1 aromatic carbocycles. The summed E-state index contributed by atoms with van der Waals surface area (Å²) in [6.07, 6.45) is 0. The molecule has 2 atom stereocenters. The lowest BCUT2D eigenvalue weighted by atomic mass is 10.1. The lowest BCUT2D eigenvalue weighted by Gasteiger charge is -2.21. The molecule has 0 aromatic heterocycles. The van der Waals surface area contributed by atoms with Gasteiger partial charge in [0.25, 0.3) is 0 Å². The normalized spacial score (nSPS) is 29.2. The van der Waals surface area contributed by atoms with Crippen LogP contribution in [0.4, 0.5) is 10.5 Å². The summed E-state index contributed by atoms with van der Waals surface area (Å²) in [5, 5.41) is 2.73. The zero-order chi connectivity index (χ0) is 12.9. The van der Waals surface area contributed by atoms with Crippen molar-refractivity contribution in [2.24, 2.45) is 0 Å². The fourth-order valence-electron chi connectivity index (χ4n) is 2.53. The van der Waals surface area contributed by atoms with Crippen LogP contribution < -0.4 is 10.2 Å². The van der Waals surface area contributed by atoms with Gasteiger partial charge in [0.15, 0.2) is 9.84 Å². The molecule has 0 spiro atoms.